The topological polar surface area (TPSA) is 21.3 Å². The van der Waals surface area contributed by atoms with Gasteiger partial charge in [0.05, 0.1) is 0 Å². The standard InChI is InChI=1S/C10H23NOS/c1-9(2)10(11-3)8-13-7-5-6-12-4/h9-11H,5-8H2,1-4H3. The molecule has 1 unspecified atom stereocenters. The smallest absolute Gasteiger partial charge is 0.0470 e. The van der Waals surface area contributed by atoms with E-state index in [0.717, 1.165) is 18.9 Å². The molecule has 0 radical (unpaired) electrons. The molecule has 1 N–H and O–H groups in total. The summed E-state index contributed by atoms with van der Waals surface area (Å²) in [5.41, 5.74) is 0. The van der Waals surface area contributed by atoms with Crippen LogP contribution in [0, 0.1) is 5.92 Å². The molecular formula is C10H23NOS. The first-order valence-electron chi connectivity index (χ1n) is 4.96. The van der Waals surface area contributed by atoms with Gasteiger partial charge in [0.1, 0.15) is 0 Å². The van der Waals surface area contributed by atoms with Crippen molar-refractivity contribution in [3.63, 3.8) is 0 Å². The van der Waals surface area contributed by atoms with Crippen LogP contribution < -0.4 is 5.32 Å². The zero-order valence-electron chi connectivity index (χ0n) is 9.30. The van der Waals surface area contributed by atoms with Crippen molar-refractivity contribution in [1.29, 1.82) is 0 Å². The summed E-state index contributed by atoms with van der Waals surface area (Å²) in [7, 11) is 3.80. The Morgan fingerprint density at radius 2 is 2.08 bits per heavy atom. The second-order valence-electron chi connectivity index (χ2n) is 3.56. The third kappa shape index (κ3) is 7.35. The lowest BCUT2D eigenvalue weighted by molar-refractivity contribution is 0.200. The molecule has 2 nitrogen and oxygen atoms in total. The summed E-state index contributed by atoms with van der Waals surface area (Å²) in [6.07, 6.45) is 1.16. The van der Waals surface area contributed by atoms with Crippen LogP contribution in [0.1, 0.15) is 20.3 Å². The molecule has 1 atom stereocenters. The minimum Gasteiger partial charge on any atom is -0.385 e. The maximum absolute atomic E-state index is 4.99. The molecule has 0 bridgehead atoms. The Morgan fingerprint density at radius 3 is 2.54 bits per heavy atom. The van der Waals surface area contributed by atoms with Crippen LogP contribution in [-0.2, 0) is 4.74 Å². The third-order valence-electron chi connectivity index (χ3n) is 2.11. The second kappa shape index (κ2) is 8.85. The van der Waals surface area contributed by atoms with Gasteiger partial charge in [-0.3, -0.25) is 0 Å². The lowest BCUT2D eigenvalue weighted by Gasteiger charge is -2.19. The Hall–Kier alpha value is 0.270. The van der Waals surface area contributed by atoms with E-state index in [1.54, 1.807) is 7.11 Å². The van der Waals surface area contributed by atoms with Crippen molar-refractivity contribution in [3.8, 4) is 0 Å². The number of rotatable bonds is 8. The van der Waals surface area contributed by atoms with E-state index in [4.69, 9.17) is 4.74 Å². The Kier molecular flexibility index (Phi) is 9.03. The number of ether oxygens (including phenoxy) is 1. The molecule has 13 heavy (non-hydrogen) atoms. The summed E-state index contributed by atoms with van der Waals surface area (Å²) < 4.78 is 4.99. The Labute approximate surface area is 86.8 Å². The van der Waals surface area contributed by atoms with E-state index in [1.165, 1.54) is 11.5 Å². The highest BCUT2D eigenvalue weighted by Gasteiger charge is 2.09. The van der Waals surface area contributed by atoms with E-state index in [-0.39, 0.29) is 0 Å². The molecule has 0 aliphatic carbocycles. The van der Waals surface area contributed by atoms with Crippen molar-refractivity contribution in [2.75, 3.05) is 32.3 Å². The van der Waals surface area contributed by atoms with E-state index in [0.29, 0.717) is 6.04 Å². The average molecular weight is 205 g/mol. The van der Waals surface area contributed by atoms with Gasteiger partial charge in [-0.2, -0.15) is 11.8 Å². The summed E-state index contributed by atoms with van der Waals surface area (Å²) in [6.45, 7) is 5.41. The first kappa shape index (κ1) is 13.3. The van der Waals surface area contributed by atoms with Gasteiger partial charge in [-0.05, 0) is 25.1 Å². The number of methoxy groups -OCH3 is 1. The summed E-state index contributed by atoms with van der Waals surface area (Å²) in [4.78, 5) is 0. The predicted octanol–water partition coefficient (Wildman–Crippen LogP) is 2.00. The highest BCUT2D eigenvalue weighted by atomic mass is 32.2. The van der Waals surface area contributed by atoms with Gasteiger partial charge < -0.3 is 10.1 Å². The van der Waals surface area contributed by atoms with E-state index >= 15 is 0 Å². The summed E-state index contributed by atoms with van der Waals surface area (Å²) in [5.74, 6) is 3.14. The number of hydrogen-bond donors (Lipinski definition) is 1. The van der Waals surface area contributed by atoms with Gasteiger partial charge in [0.15, 0.2) is 0 Å². The molecular weight excluding hydrogens is 182 g/mol. The van der Waals surface area contributed by atoms with Crippen molar-refractivity contribution < 1.29 is 4.74 Å². The molecule has 0 rings (SSSR count). The molecule has 0 saturated heterocycles. The molecule has 0 fully saturated rings. The SMILES string of the molecule is CNC(CSCCCOC)C(C)C. The van der Waals surface area contributed by atoms with Crippen molar-refractivity contribution in [3.05, 3.63) is 0 Å². The highest BCUT2D eigenvalue weighted by molar-refractivity contribution is 7.99. The lowest BCUT2D eigenvalue weighted by Crippen LogP contribution is -2.33. The molecule has 0 aromatic carbocycles. The third-order valence-corrected chi connectivity index (χ3v) is 3.28. The van der Waals surface area contributed by atoms with Crippen LogP contribution in [-0.4, -0.2) is 38.3 Å². The van der Waals surface area contributed by atoms with Crippen molar-refractivity contribution in [2.24, 2.45) is 5.92 Å². The van der Waals surface area contributed by atoms with E-state index < -0.39 is 0 Å². The molecule has 0 amide bonds. The van der Waals surface area contributed by atoms with E-state index in [9.17, 15) is 0 Å². The van der Waals surface area contributed by atoms with Gasteiger partial charge in [0, 0.05) is 25.5 Å². The van der Waals surface area contributed by atoms with Gasteiger partial charge in [0.25, 0.3) is 0 Å². The number of hydrogen-bond acceptors (Lipinski definition) is 3. The monoisotopic (exact) mass is 205 g/mol. The Balaban J connectivity index is 3.28. The molecule has 0 aromatic rings. The minimum absolute atomic E-state index is 0.646. The molecule has 0 aliphatic rings. The molecule has 0 saturated carbocycles. The molecule has 0 aromatic heterocycles. The molecule has 3 heteroatoms. The summed E-state index contributed by atoms with van der Waals surface area (Å²) >= 11 is 2.01. The number of nitrogens with one attached hydrogen (secondary N) is 1. The Morgan fingerprint density at radius 1 is 1.38 bits per heavy atom. The van der Waals surface area contributed by atoms with Gasteiger partial charge in [-0.25, -0.2) is 0 Å². The van der Waals surface area contributed by atoms with Gasteiger partial charge in [-0.15, -0.1) is 0 Å². The molecule has 80 valence electrons. The maximum atomic E-state index is 4.99. The fraction of sp³-hybridized carbons (Fsp3) is 1.00. The van der Waals surface area contributed by atoms with Crippen molar-refractivity contribution in [1.82, 2.24) is 5.32 Å². The highest BCUT2D eigenvalue weighted by Crippen LogP contribution is 2.10. The first-order valence-corrected chi connectivity index (χ1v) is 6.11. The summed E-state index contributed by atoms with van der Waals surface area (Å²) in [5, 5.41) is 3.34. The van der Waals surface area contributed by atoms with Gasteiger partial charge >= 0.3 is 0 Å². The van der Waals surface area contributed by atoms with Gasteiger partial charge in [0.2, 0.25) is 0 Å². The minimum atomic E-state index is 0.646. The van der Waals surface area contributed by atoms with E-state index in [1.807, 2.05) is 18.8 Å². The van der Waals surface area contributed by atoms with Crippen LogP contribution in [0.3, 0.4) is 0 Å². The van der Waals surface area contributed by atoms with Crippen LogP contribution >= 0.6 is 11.8 Å². The fourth-order valence-electron chi connectivity index (χ4n) is 1.12. The number of thioether (sulfide) groups is 1. The van der Waals surface area contributed by atoms with Crippen LogP contribution in [0.25, 0.3) is 0 Å². The lowest BCUT2D eigenvalue weighted by atomic mass is 10.1. The second-order valence-corrected chi connectivity index (χ2v) is 4.71. The molecule has 0 spiro atoms. The van der Waals surface area contributed by atoms with Crippen LogP contribution in [0.4, 0.5) is 0 Å². The van der Waals surface area contributed by atoms with Crippen LogP contribution in [0.5, 0.6) is 0 Å². The molecule has 0 heterocycles. The Bertz CT molecular complexity index is 109. The predicted molar refractivity (Wildman–Crippen MR) is 61.5 cm³/mol. The van der Waals surface area contributed by atoms with Crippen LogP contribution in [0.2, 0.25) is 0 Å². The largest absolute Gasteiger partial charge is 0.385 e. The zero-order valence-corrected chi connectivity index (χ0v) is 10.1. The normalized spacial score (nSPS) is 13.6. The molecule has 0 aliphatic heterocycles. The van der Waals surface area contributed by atoms with Crippen molar-refractivity contribution >= 4 is 11.8 Å². The van der Waals surface area contributed by atoms with Gasteiger partial charge in [-0.1, -0.05) is 13.8 Å². The maximum Gasteiger partial charge on any atom is 0.0470 e. The summed E-state index contributed by atoms with van der Waals surface area (Å²) in [6, 6.07) is 0.646. The average Bonchev–Trinajstić information content (AvgIpc) is 2.10. The fourth-order valence-corrected chi connectivity index (χ4v) is 2.42. The van der Waals surface area contributed by atoms with Crippen LogP contribution in [0.15, 0.2) is 0 Å². The quantitative estimate of drug-likeness (QED) is 0.612. The van der Waals surface area contributed by atoms with Crippen molar-refractivity contribution in [2.45, 2.75) is 26.3 Å². The zero-order chi connectivity index (χ0) is 10.1. The first-order chi connectivity index (χ1) is 6.22. The van der Waals surface area contributed by atoms with E-state index in [2.05, 4.69) is 19.2 Å².